The first-order valence-electron chi connectivity index (χ1n) is 12.8. The third-order valence-corrected chi connectivity index (χ3v) is 9.03. The third kappa shape index (κ3) is 4.60. The van der Waals surface area contributed by atoms with Crippen LogP contribution in [0.15, 0.2) is 40.5 Å². The molecule has 0 spiro atoms. The lowest BCUT2D eigenvalue weighted by Gasteiger charge is -2.18. The monoisotopic (exact) mass is 550 g/mol. The molecular formula is C26H30N8O4S. The highest BCUT2D eigenvalue weighted by Gasteiger charge is 2.42. The van der Waals surface area contributed by atoms with Crippen molar-refractivity contribution < 1.29 is 14.6 Å². The highest BCUT2D eigenvalue weighted by molar-refractivity contribution is 7.91. The zero-order chi connectivity index (χ0) is 27.4. The van der Waals surface area contributed by atoms with Gasteiger partial charge in [0.2, 0.25) is 5.88 Å². The van der Waals surface area contributed by atoms with Gasteiger partial charge in [0.25, 0.3) is 5.56 Å². The summed E-state index contributed by atoms with van der Waals surface area (Å²) in [5, 5.41) is 3.08. The topological polar surface area (TPSA) is 155 Å². The highest BCUT2D eigenvalue weighted by Crippen LogP contribution is 2.46. The van der Waals surface area contributed by atoms with Crippen molar-refractivity contribution in [3.8, 4) is 17.3 Å². The molecular weight excluding hydrogens is 520 g/mol. The van der Waals surface area contributed by atoms with Gasteiger partial charge in [-0.2, -0.15) is 0 Å². The number of sulfone groups is 1. The number of aromatic nitrogens is 7. The van der Waals surface area contributed by atoms with Crippen LogP contribution in [-0.4, -0.2) is 55.8 Å². The summed E-state index contributed by atoms with van der Waals surface area (Å²) in [6.07, 6.45) is 8.17. The van der Waals surface area contributed by atoms with E-state index in [9.17, 15) is 13.2 Å². The molecule has 0 aliphatic heterocycles. The van der Waals surface area contributed by atoms with Gasteiger partial charge >= 0.3 is 0 Å². The number of pyridine rings is 1. The van der Waals surface area contributed by atoms with E-state index in [2.05, 4.69) is 30.2 Å². The normalized spacial score (nSPS) is 16.3. The van der Waals surface area contributed by atoms with Crippen molar-refractivity contribution in [1.82, 2.24) is 34.5 Å². The van der Waals surface area contributed by atoms with Crippen molar-refractivity contribution in [2.75, 3.05) is 18.2 Å². The molecule has 0 radical (unpaired) electrons. The maximum Gasteiger partial charge on any atom is 0.295 e. The van der Waals surface area contributed by atoms with Crippen LogP contribution in [0.4, 0.5) is 5.82 Å². The molecule has 0 atom stereocenters. The molecule has 0 aromatic carbocycles. The smallest absolute Gasteiger partial charge is 0.295 e. The Hall–Kier alpha value is -4.00. The van der Waals surface area contributed by atoms with Gasteiger partial charge in [-0.15, -0.1) is 0 Å². The van der Waals surface area contributed by atoms with E-state index in [-0.39, 0.29) is 35.5 Å². The van der Waals surface area contributed by atoms with Gasteiger partial charge in [0.15, 0.2) is 27.1 Å². The van der Waals surface area contributed by atoms with Crippen LogP contribution in [0.25, 0.3) is 22.6 Å². The summed E-state index contributed by atoms with van der Waals surface area (Å²) in [5.41, 5.74) is 2.30. The first-order chi connectivity index (χ1) is 18.7. The number of hydrogen-bond donors (Lipinski definition) is 1. The minimum Gasteiger partial charge on any atom is -0.480 e. The molecule has 13 heteroatoms. The molecule has 0 amide bonds. The van der Waals surface area contributed by atoms with Crippen molar-refractivity contribution in [1.29, 1.82) is 0 Å². The fourth-order valence-corrected chi connectivity index (χ4v) is 5.40. The molecule has 12 nitrogen and oxygen atoms in total. The second kappa shape index (κ2) is 9.33. The summed E-state index contributed by atoms with van der Waals surface area (Å²) in [6, 6.07) is 3.15. The molecule has 2 fully saturated rings. The molecule has 0 saturated heterocycles. The van der Waals surface area contributed by atoms with Crippen molar-refractivity contribution in [2.45, 2.75) is 62.4 Å². The van der Waals surface area contributed by atoms with E-state index in [0.717, 1.165) is 31.4 Å². The van der Waals surface area contributed by atoms with Gasteiger partial charge in [-0.3, -0.25) is 14.3 Å². The number of fused-ring (bicyclic) bond motifs is 1. The SMILES string of the molecule is CCS(=O)(=O)c1ccc(CNc2nc3cnc(-c4c(OC)ncnc4C4CC4)nc3n(C3(C)CC3)c2=O)nc1.[HH]. The zero-order valence-corrected chi connectivity index (χ0v) is 22.7. The summed E-state index contributed by atoms with van der Waals surface area (Å²) in [6.45, 7) is 3.80. The fourth-order valence-electron chi connectivity index (χ4n) is 4.58. The van der Waals surface area contributed by atoms with Crippen molar-refractivity contribution >= 4 is 26.8 Å². The van der Waals surface area contributed by atoms with Gasteiger partial charge < -0.3 is 10.1 Å². The van der Waals surface area contributed by atoms with E-state index >= 15 is 0 Å². The van der Waals surface area contributed by atoms with Crippen LogP contribution in [0, 0.1) is 0 Å². The molecule has 2 aliphatic rings. The Bertz CT molecular complexity index is 1750. The van der Waals surface area contributed by atoms with E-state index in [4.69, 9.17) is 9.72 Å². The maximum absolute atomic E-state index is 13.7. The quantitative estimate of drug-likeness (QED) is 0.327. The summed E-state index contributed by atoms with van der Waals surface area (Å²) in [7, 11) is -1.79. The molecule has 1 N–H and O–H groups in total. The van der Waals surface area contributed by atoms with Crippen molar-refractivity contribution in [2.24, 2.45) is 0 Å². The van der Waals surface area contributed by atoms with E-state index in [0.29, 0.717) is 40.0 Å². The fraction of sp³-hybridized carbons (Fsp3) is 0.423. The number of nitrogens with zero attached hydrogens (tertiary/aromatic N) is 7. The van der Waals surface area contributed by atoms with Crippen molar-refractivity contribution in [3.05, 3.63) is 52.6 Å². The zero-order valence-electron chi connectivity index (χ0n) is 21.9. The second-order valence-corrected chi connectivity index (χ2v) is 12.4. The van der Waals surface area contributed by atoms with E-state index < -0.39 is 9.84 Å². The summed E-state index contributed by atoms with van der Waals surface area (Å²) >= 11 is 0. The number of hydrogen-bond acceptors (Lipinski definition) is 11. The lowest BCUT2D eigenvalue weighted by atomic mass is 10.1. The van der Waals surface area contributed by atoms with Gasteiger partial charge in [-0.1, -0.05) is 6.92 Å². The average molecular weight is 551 g/mol. The lowest BCUT2D eigenvalue weighted by molar-refractivity contribution is 0.397. The van der Waals surface area contributed by atoms with E-state index in [1.54, 1.807) is 30.9 Å². The largest absolute Gasteiger partial charge is 0.480 e. The van der Waals surface area contributed by atoms with Crippen LogP contribution in [0.3, 0.4) is 0 Å². The Balaban J connectivity index is 0.00000323. The minimum atomic E-state index is -3.34. The molecule has 0 bridgehead atoms. The predicted molar refractivity (Wildman–Crippen MR) is 145 cm³/mol. The van der Waals surface area contributed by atoms with Crippen LogP contribution in [0.1, 0.15) is 58.3 Å². The molecule has 4 aromatic rings. The number of nitrogens with one attached hydrogen (secondary N) is 1. The third-order valence-electron chi connectivity index (χ3n) is 7.31. The van der Waals surface area contributed by atoms with Crippen LogP contribution < -0.4 is 15.6 Å². The maximum atomic E-state index is 13.7. The average Bonchev–Trinajstić information content (AvgIpc) is 3.89. The van der Waals surface area contributed by atoms with E-state index in [1.807, 2.05) is 6.92 Å². The van der Waals surface area contributed by atoms with Gasteiger partial charge in [0.1, 0.15) is 17.4 Å². The van der Waals surface area contributed by atoms with Gasteiger partial charge in [0.05, 0.1) is 41.9 Å². The van der Waals surface area contributed by atoms with E-state index in [1.165, 1.54) is 18.6 Å². The van der Waals surface area contributed by atoms with Gasteiger partial charge in [-0.25, -0.2) is 33.3 Å². The first-order valence-corrected chi connectivity index (χ1v) is 14.5. The summed E-state index contributed by atoms with van der Waals surface area (Å²) in [4.78, 5) is 40.8. The highest BCUT2D eigenvalue weighted by atomic mass is 32.2. The second-order valence-electron chi connectivity index (χ2n) is 10.2. The molecule has 39 heavy (non-hydrogen) atoms. The number of rotatable bonds is 9. The Labute approximate surface area is 226 Å². The molecule has 4 aromatic heterocycles. The van der Waals surface area contributed by atoms with Crippen LogP contribution in [0.2, 0.25) is 0 Å². The minimum absolute atomic E-state index is 0. The Morgan fingerprint density at radius 3 is 2.56 bits per heavy atom. The Morgan fingerprint density at radius 2 is 1.92 bits per heavy atom. The molecule has 0 unspecified atom stereocenters. The molecule has 2 saturated carbocycles. The molecule has 2 aliphatic carbocycles. The number of methoxy groups -OCH3 is 1. The molecule has 6 rings (SSSR count). The number of anilines is 1. The summed E-state index contributed by atoms with van der Waals surface area (Å²) < 4.78 is 31.4. The summed E-state index contributed by atoms with van der Waals surface area (Å²) in [5.74, 6) is 1.26. The molecule has 4 heterocycles. The first kappa shape index (κ1) is 25.3. The lowest BCUT2D eigenvalue weighted by Crippen LogP contribution is -2.32. The predicted octanol–water partition coefficient (Wildman–Crippen LogP) is 3.09. The Kier molecular flexibility index (Phi) is 6.05. The number of ether oxygens (including phenoxy) is 1. The standard InChI is InChI=1S/C26H28N8O4S.H2/c1-4-39(36,37)17-8-7-16(27-12-17)11-28-22-25(35)34(26(2)9-10-26)23-18(32-22)13-29-21(33-23)19-20(15-5-6-15)30-14-31-24(19)38-3;/h7-8,12-15H,4-6,9-11H2,1-3H3,(H,28,32);1H. The van der Waals surface area contributed by atoms with Gasteiger partial charge in [-0.05, 0) is 44.7 Å². The van der Waals surface area contributed by atoms with Crippen LogP contribution >= 0.6 is 0 Å². The molecule has 204 valence electrons. The van der Waals surface area contributed by atoms with Gasteiger partial charge in [0, 0.05) is 19.1 Å². The van der Waals surface area contributed by atoms with Crippen molar-refractivity contribution in [3.63, 3.8) is 0 Å². The van der Waals surface area contributed by atoms with Crippen LogP contribution in [0.5, 0.6) is 5.88 Å². The van der Waals surface area contributed by atoms with Crippen LogP contribution in [-0.2, 0) is 21.9 Å². The Morgan fingerprint density at radius 1 is 1.13 bits per heavy atom.